The van der Waals surface area contributed by atoms with Crippen LogP contribution < -0.4 is 0 Å². The van der Waals surface area contributed by atoms with Crippen LogP contribution in [0.2, 0.25) is 0 Å². The number of rotatable bonds is 6. The third-order valence-electron chi connectivity index (χ3n) is 3.44. The predicted octanol–water partition coefficient (Wildman–Crippen LogP) is 1.83. The molecular formula is C14H20O4. The Morgan fingerprint density at radius 2 is 1.78 bits per heavy atom. The van der Waals surface area contributed by atoms with Crippen LogP contribution in [0.3, 0.4) is 0 Å². The molecule has 2 unspecified atom stereocenters. The summed E-state index contributed by atoms with van der Waals surface area (Å²) in [6, 6.07) is 9.38. The van der Waals surface area contributed by atoms with Crippen molar-refractivity contribution in [2.45, 2.75) is 32.5 Å². The summed E-state index contributed by atoms with van der Waals surface area (Å²) in [5.74, 6) is -2.72. The van der Waals surface area contributed by atoms with Crippen LogP contribution in [0.25, 0.3) is 0 Å². The molecule has 100 valence electrons. The number of carboxylic acids is 1. The molecule has 0 aromatic heterocycles. The fraction of sp³-hybridized carbons (Fsp3) is 0.500. The fourth-order valence-corrected chi connectivity index (χ4v) is 2.41. The van der Waals surface area contributed by atoms with Crippen molar-refractivity contribution in [1.82, 2.24) is 0 Å². The summed E-state index contributed by atoms with van der Waals surface area (Å²) in [5, 5.41) is 28.0. The van der Waals surface area contributed by atoms with Crippen LogP contribution in [0.5, 0.6) is 0 Å². The van der Waals surface area contributed by atoms with E-state index in [1.54, 1.807) is 0 Å². The van der Waals surface area contributed by atoms with Crippen LogP contribution in [-0.2, 0) is 4.79 Å². The van der Waals surface area contributed by atoms with Crippen molar-refractivity contribution in [2.75, 3.05) is 0 Å². The Hall–Kier alpha value is -1.39. The Kier molecular flexibility index (Phi) is 5.31. The number of hydrogen-bond acceptors (Lipinski definition) is 3. The van der Waals surface area contributed by atoms with E-state index in [9.17, 15) is 15.0 Å². The van der Waals surface area contributed by atoms with Crippen LogP contribution in [-0.4, -0.2) is 27.6 Å². The Morgan fingerprint density at radius 3 is 2.17 bits per heavy atom. The highest BCUT2D eigenvalue weighted by Gasteiger charge is 2.35. The van der Waals surface area contributed by atoms with Gasteiger partial charge in [0.05, 0.1) is 5.92 Å². The van der Waals surface area contributed by atoms with Gasteiger partial charge in [-0.1, -0.05) is 44.2 Å². The Labute approximate surface area is 107 Å². The van der Waals surface area contributed by atoms with Crippen molar-refractivity contribution in [3.63, 3.8) is 0 Å². The molecule has 18 heavy (non-hydrogen) atoms. The molecule has 0 fully saturated rings. The SMILES string of the molecule is CCC(c1ccccc1)C(C(O)O)[C@@H](C)C(=O)O. The minimum Gasteiger partial charge on any atom is -0.481 e. The number of aliphatic carboxylic acids is 1. The molecule has 3 N–H and O–H groups in total. The first-order valence-corrected chi connectivity index (χ1v) is 6.12. The molecule has 0 radical (unpaired) electrons. The second-order valence-electron chi connectivity index (χ2n) is 4.54. The first-order valence-electron chi connectivity index (χ1n) is 6.12. The Morgan fingerprint density at radius 1 is 1.22 bits per heavy atom. The number of carbonyl (C=O) groups is 1. The van der Waals surface area contributed by atoms with Gasteiger partial charge in [0.2, 0.25) is 0 Å². The van der Waals surface area contributed by atoms with Crippen molar-refractivity contribution >= 4 is 5.97 Å². The Balaban J connectivity index is 3.06. The summed E-state index contributed by atoms with van der Waals surface area (Å²) in [6.45, 7) is 3.43. The van der Waals surface area contributed by atoms with Gasteiger partial charge < -0.3 is 15.3 Å². The smallest absolute Gasteiger partial charge is 0.306 e. The van der Waals surface area contributed by atoms with Gasteiger partial charge in [-0.15, -0.1) is 0 Å². The lowest BCUT2D eigenvalue weighted by molar-refractivity contribution is -0.155. The summed E-state index contributed by atoms with van der Waals surface area (Å²) >= 11 is 0. The quantitative estimate of drug-likeness (QED) is 0.675. The minimum atomic E-state index is -1.64. The van der Waals surface area contributed by atoms with E-state index in [2.05, 4.69) is 0 Å². The van der Waals surface area contributed by atoms with Gasteiger partial charge in [-0.2, -0.15) is 0 Å². The zero-order valence-corrected chi connectivity index (χ0v) is 10.7. The normalized spacial score (nSPS) is 16.3. The molecule has 4 nitrogen and oxygen atoms in total. The maximum atomic E-state index is 11.1. The molecule has 1 aromatic rings. The Bertz CT molecular complexity index is 375. The molecule has 4 heteroatoms. The largest absolute Gasteiger partial charge is 0.481 e. The first kappa shape index (κ1) is 14.7. The fourth-order valence-electron chi connectivity index (χ4n) is 2.41. The van der Waals surface area contributed by atoms with E-state index in [0.29, 0.717) is 6.42 Å². The maximum Gasteiger partial charge on any atom is 0.306 e. The average molecular weight is 252 g/mol. The van der Waals surface area contributed by atoms with Crippen LogP contribution in [0.15, 0.2) is 30.3 Å². The lowest BCUT2D eigenvalue weighted by Crippen LogP contribution is -2.35. The van der Waals surface area contributed by atoms with Crippen LogP contribution >= 0.6 is 0 Å². The van der Waals surface area contributed by atoms with Gasteiger partial charge in [0.15, 0.2) is 6.29 Å². The lowest BCUT2D eigenvalue weighted by Gasteiger charge is -2.31. The van der Waals surface area contributed by atoms with Crippen LogP contribution in [0, 0.1) is 11.8 Å². The zero-order valence-electron chi connectivity index (χ0n) is 10.7. The third kappa shape index (κ3) is 3.31. The van der Waals surface area contributed by atoms with Gasteiger partial charge in [-0.05, 0) is 17.9 Å². The molecule has 0 bridgehead atoms. The average Bonchev–Trinajstić information content (AvgIpc) is 2.35. The van der Waals surface area contributed by atoms with E-state index in [4.69, 9.17) is 5.11 Å². The van der Waals surface area contributed by atoms with Crippen LogP contribution in [0.4, 0.5) is 0 Å². The standard InChI is InChI=1S/C14H20O4/c1-3-11(10-7-5-4-6-8-10)12(14(17)18)9(2)13(15)16/h4-9,11-12,14,17-18H,3H2,1-2H3,(H,15,16)/t9-,11?,12?/m1/s1. The molecule has 0 saturated heterocycles. The van der Waals surface area contributed by atoms with Crippen molar-refractivity contribution in [3.8, 4) is 0 Å². The van der Waals surface area contributed by atoms with E-state index in [1.165, 1.54) is 6.92 Å². The summed E-state index contributed by atoms with van der Waals surface area (Å²) in [4.78, 5) is 11.1. The molecule has 1 rings (SSSR count). The molecule has 0 saturated carbocycles. The van der Waals surface area contributed by atoms with Crippen LogP contribution in [0.1, 0.15) is 31.7 Å². The molecule has 0 amide bonds. The second-order valence-corrected chi connectivity index (χ2v) is 4.54. The number of aliphatic hydroxyl groups excluding tert-OH is 1. The number of carboxylic acid groups (broad SMARTS) is 1. The second kappa shape index (κ2) is 6.52. The van der Waals surface area contributed by atoms with Gasteiger partial charge in [0.25, 0.3) is 0 Å². The summed E-state index contributed by atoms with van der Waals surface area (Å²) < 4.78 is 0. The van der Waals surface area contributed by atoms with Crippen molar-refractivity contribution in [1.29, 1.82) is 0 Å². The molecule has 3 atom stereocenters. The molecule has 0 spiro atoms. The summed E-state index contributed by atoms with van der Waals surface area (Å²) in [6.07, 6.45) is -0.981. The molecule has 1 aromatic carbocycles. The van der Waals surface area contributed by atoms with E-state index in [-0.39, 0.29) is 5.92 Å². The van der Waals surface area contributed by atoms with Gasteiger partial charge in [0, 0.05) is 5.92 Å². The van der Waals surface area contributed by atoms with E-state index < -0.39 is 24.1 Å². The van der Waals surface area contributed by atoms with Crippen molar-refractivity contribution in [3.05, 3.63) is 35.9 Å². The summed E-state index contributed by atoms with van der Waals surface area (Å²) in [7, 11) is 0. The highest BCUT2D eigenvalue weighted by atomic mass is 16.5. The highest BCUT2D eigenvalue weighted by molar-refractivity contribution is 5.70. The monoisotopic (exact) mass is 252 g/mol. The highest BCUT2D eigenvalue weighted by Crippen LogP contribution is 2.35. The number of aliphatic hydroxyl groups is 2. The maximum absolute atomic E-state index is 11.1. The van der Waals surface area contributed by atoms with Gasteiger partial charge >= 0.3 is 5.97 Å². The van der Waals surface area contributed by atoms with E-state index in [1.807, 2.05) is 37.3 Å². The topological polar surface area (TPSA) is 77.8 Å². The lowest BCUT2D eigenvalue weighted by atomic mass is 9.76. The molecule has 0 aliphatic heterocycles. The third-order valence-corrected chi connectivity index (χ3v) is 3.44. The zero-order chi connectivity index (χ0) is 13.7. The molecule has 0 aliphatic rings. The minimum absolute atomic E-state index is 0.183. The molecule has 0 heterocycles. The van der Waals surface area contributed by atoms with Gasteiger partial charge in [-0.3, -0.25) is 4.79 Å². The predicted molar refractivity (Wildman–Crippen MR) is 68.0 cm³/mol. The summed E-state index contributed by atoms with van der Waals surface area (Å²) in [5.41, 5.74) is 0.936. The van der Waals surface area contributed by atoms with Gasteiger partial charge in [-0.25, -0.2) is 0 Å². The van der Waals surface area contributed by atoms with Crippen molar-refractivity contribution < 1.29 is 20.1 Å². The van der Waals surface area contributed by atoms with Crippen molar-refractivity contribution in [2.24, 2.45) is 11.8 Å². The van der Waals surface area contributed by atoms with E-state index >= 15 is 0 Å². The van der Waals surface area contributed by atoms with E-state index in [0.717, 1.165) is 5.56 Å². The number of benzene rings is 1. The number of hydrogen-bond donors (Lipinski definition) is 3. The van der Waals surface area contributed by atoms with Gasteiger partial charge in [0.1, 0.15) is 0 Å². The molecular weight excluding hydrogens is 232 g/mol. The first-order chi connectivity index (χ1) is 8.49. The molecule has 0 aliphatic carbocycles.